The summed E-state index contributed by atoms with van der Waals surface area (Å²) in [5.74, 6) is 1.61. The van der Waals surface area contributed by atoms with Crippen LogP contribution in [-0.2, 0) is 6.42 Å². The first-order chi connectivity index (χ1) is 9.79. The average Bonchev–Trinajstić information content (AvgIpc) is 2.48. The van der Waals surface area contributed by atoms with Gasteiger partial charge in [-0.3, -0.25) is 0 Å². The predicted molar refractivity (Wildman–Crippen MR) is 82.3 cm³/mol. The van der Waals surface area contributed by atoms with Crippen molar-refractivity contribution in [2.45, 2.75) is 19.8 Å². The van der Waals surface area contributed by atoms with Crippen LogP contribution < -0.4 is 15.2 Å². The Hall–Kier alpha value is -2.16. The Labute approximate surface area is 120 Å². The summed E-state index contributed by atoms with van der Waals surface area (Å²) < 4.78 is 11.5. The molecule has 2 aromatic rings. The zero-order valence-electron chi connectivity index (χ0n) is 11.8. The second-order valence-corrected chi connectivity index (χ2v) is 4.64. The van der Waals surface area contributed by atoms with Crippen LogP contribution in [0.25, 0.3) is 0 Å². The first kappa shape index (κ1) is 14.3. The van der Waals surface area contributed by atoms with Crippen LogP contribution in [0.1, 0.15) is 18.9 Å². The normalized spacial score (nSPS) is 10.2. The summed E-state index contributed by atoms with van der Waals surface area (Å²) in [6.07, 6.45) is 1.84. The average molecular weight is 271 g/mol. The summed E-state index contributed by atoms with van der Waals surface area (Å²) >= 11 is 0. The highest BCUT2D eigenvalue weighted by atomic mass is 16.5. The minimum atomic E-state index is 0.621. The molecule has 3 nitrogen and oxygen atoms in total. The van der Waals surface area contributed by atoms with Gasteiger partial charge in [0.25, 0.3) is 0 Å². The van der Waals surface area contributed by atoms with Crippen LogP contribution in [0.4, 0.5) is 5.69 Å². The van der Waals surface area contributed by atoms with E-state index in [2.05, 4.69) is 6.92 Å². The van der Waals surface area contributed by atoms with Gasteiger partial charge in [0.2, 0.25) is 0 Å². The molecule has 2 aromatic carbocycles. The molecule has 0 saturated carbocycles. The number of rotatable bonds is 7. The lowest BCUT2D eigenvalue weighted by molar-refractivity contribution is 0.270. The second kappa shape index (κ2) is 7.43. The van der Waals surface area contributed by atoms with Gasteiger partial charge in [-0.2, -0.15) is 0 Å². The Kier molecular flexibility index (Phi) is 5.30. The lowest BCUT2D eigenvalue weighted by Gasteiger charge is -2.12. The highest BCUT2D eigenvalue weighted by Crippen LogP contribution is 2.26. The maximum atomic E-state index is 5.81. The van der Waals surface area contributed by atoms with Crippen molar-refractivity contribution in [1.82, 2.24) is 0 Å². The fraction of sp³-hybridized carbons (Fsp3) is 0.294. The zero-order valence-corrected chi connectivity index (χ0v) is 11.8. The van der Waals surface area contributed by atoms with Gasteiger partial charge in [0, 0.05) is 12.1 Å². The highest BCUT2D eigenvalue weighted by molar-refractivity contribution is 5.40. The number of para-hydroxylation sites is 2. The molecule has 106 valence electrons. The molecule has 0 amide bonds. The van der Waals surface area contributed by atoms with Crippen molar-refractivity contribution in [1.29, 1.82) is 0 Å². The number of benzene rings is 2. The zero-order chi connectivity index (χ0) is 14.2. The molecule has 0 saturated heterocycles. The van der Waals surface area contributed by atoms with Crippen molar-refractivity contribution in [3.8, 4) is 11.5 Å². The van der Waals surface area contributed by atoms with E-state index in [9.17, 15) is 0 Å². The molecule has 0 aliphatic carbocycles. The van der Waals surface area contributed by atoms with Crippen molar-refractivity contribution in [2.75, 3.05) is 18.9 Å². The van der Waals surface area contributed by atoms with Crippen molar-refractivity contribution in [3.05, 3.63) is 54.1 Å². The summed E-state index contributed by atoms with van der Waals surface area (Å²) in [6.45, 7) is 3.42. The third-order valence-corrected chi connectivity index (χ3v) is 2.94. The van der Waals surface area contributed by atoms with E-state index in [-0.39, 0.29) is 0 Å². The van der Waals surface area contributed by atoms with Gasteiger partial charge >= 0.3 is 0 Å². The number of ether oxygens (including phenoxy) is 2. The Morgan fingerprint density at radius 1 is 0.850 bits per heavy atom. The molecule has 2 rings (SSSR count). The van der Waals surface area contributed by atoms with Crippen LogP contribution in [0.2, 0.25) is 0 Å². The van der Waals surface area contributed by atoms with Crippen LogP contribution in [0.15, 0.2) is 48.5 Å². The molecule has 0 aromatic heterocycles. The van der Waals surface area contributed by atoms with Crippen molar-refractivity contribution < 1.29 is 9.47 Å². The third kappa shape index (κ3) is 4.19. The minimum Gasteiger partial charge on any atom is -0.490 e. The number of hydrogen-bond acceptors (Lipinski definition) is 3. The Balaban J connectivity index is 1.88. The van der Waals surface area contributed by atoms with Gasteiger partial charge in [-0.15, -0.1) is 0 Å². The van der Waals surface area contributed by atoms with Gasteiger partial charge in [-0.25, -0.2) is 0 Å². The molecule has 0 fully saturated rings. The topological polar surface area (TPSA) is 44.5 Å². The van der Waals surface area contributed by atoms with Gasteiger partial charge in [0.05, 0.1) is 13.2 Å². The summed E-state index contributed by atoms with van der Waals surface area (Å²) in [6, 6.07) is 15.7. The minimum absolute atomic E-state index is 0.621. The van der Waals surface area contributed by atoms with Crippen LogP contribution in [0, 0.1) is 0 Å². The van der Waals surface area contributed by atoms with E-state index in [0.29, 0.717) is 13.2 Å². The molecule has 3 heteroatoms. The molecular weight excluding hydrogens is 250 g/mol. The molecular formula is C17H21NO2. The molecule has 0 aliphatic heterocycles. The van der Waals surface area contributed by atoms with E-state index in [1.54, 1.807) is 0 Å². The Bertz CT molecular complexity index is 523. The van der Waals surface area contributed by atoms with Gasteiger partial charge in [-0.05, 0) is 36.2 Å². The molecule has 0 atom stereocenters. The van der Waals surface area contributed by atoms with E-state index in [4.69, 9.17) is 15.2 Å². The molecule has 20 heavy (non-hydrogen) atoms. The van der Waals surface area contributed by atoms with Gasteiger partial charge in [-0.1, -0.05) is 31.2 Å². The lowest BCUT2D eigenvalue weighted by Crippen LogP contribution is -2.04. The monoisotopic (exact) mass is 271 g/mol. The second-order valence-electron chi connectivity index (χ2n) is 4.64. The van der Waals surface area contributed by atoms with E-state index >= 15 is 0 Å². The SMILES string of the molecule is CCCOc1ccccc1OCCc1ccc(N)cc1. The number of nitrogens with two attached hydrogens (primary N) is 1. The quantitative estimate of drug-likeness (QED) is 0.781. The fourth-order valence-corrected chi connectivity index (χ4v) is 1.86. The van der Waals surface area contributed by atoms with Crippen molar-refractivity contribution in [3.63, 3.8) is 0 Å². The van der Waals surface area contributed by atoms with E-state index in [0.717, 1.165) is 30.0 Å². The standard InChI is InChI=1S/C17H21NO2/c1-2-12-19-16-5-3-4-6-17(16)20-13-11-14-7-9-15(18)10-8-14/h3-10H,2,11-13,18H2,1H3. The molecule has 0 aliphatic rings. The van der Waals surface area contributed by atoms with Crippen LogP contribution in [-0.4, -0.2) is 13.2 Å². The van der Waals surface area contributed by atoms with Gasteiger partial charge in [0.1, 0.15) is 0 Å². The smallest absolute Gasteiger partial charge is 0.161 e. The number of nitrogen functional groups attached to an aromatic ring is 1. The van der Waals surface area contributed by atoms with Gasteiger partial charge in [0.15, 0.2) is 11.5 Å². The number of hydrogen-bond donors (Lipinski definition) is 1. The van der Waals surface area contributed by atoms with E-state index in [1.807, 2.05) is 48.5 Å². The molecule has 0 bridgehead atoms. The van der Waals surface area contributed by atoms with E-state index < -0.39 is 0 Å². The molecule has 0 unspecified atom stereocenters. The van der Waals surface area contributed by atoms with Crippen LogP contribution >= 0.6 is 0 Å². The van der Waals surface area contributed by atoms with E-state index in [1.165, 1.54) is 5.56 Å². The molecule has 2 N–H and O–H groups in total. The van der Waals surface area contributed by atoms with Crippen molar-refractivity contribution in [2.24, 2.45) is 0 Å². The predicted octanol–water partition coefficient (Wildman–Crippen LogP) is 3.68. The first-order valence-corrected chi connectivity index (χ1v) is 6.98. The maximum absolute atomic E-state index is 5.81. The summed E-state index contributed by atoms with van der Waals surface area (Å²) in [7, 11) is 0. The fourth-order valence-electron chi connectivity index (χ4n) is 1.86. The summed E-state index contributed by atoms with van der Waals surface area (Å²) in [5, 5.41) is 0. The Morgan fingerprint density at radius 2 is 1.45 bits per heavy atom. The number of anilines is 1. The summed E-state index contributed by atoms with van der Waals surface area (Å²) in [4.78, 5) is 0. The van der Waals surface area contributed by atoms with Crippen molar-refractivity contribution >= 4 is 5.69 Å². The van der Waals surface area contributed by atoms with Crippen LogP contribution in [0.3, 0.4) is 0 Å². The first-order valence-electron chi connectivity index (χ1n) is 6.98. The lowest BCUT2D eigenvalue weighted by atomic mass is 10.1. The molecule has 0 radical (unpaired) electrons. The van der Waals surface area contributed by atoms with Crippen LogP contribution in [0.5, 0.6) is 11.5 Å². The van der Waals surface area contributed by atoms with Gasteiger partial charge < -0.3 is 15.2 Å². The highest BCUT2D eigenvalue weighted by Gasteiger charge is 2.03. The third-order valence-electron chi connectivity index (χ3n) is 2.94. The largest absolute Gasteiger partial charge is 0.490 e. The summed E-state index contributed by atoms with van der Waals surface area (Å²) in [5.41, 5.74) is 7.66. The molecule has 0 heterocycles. The Morgan fingerprint density at radius 3 is 2.05 bits per heavy atom. The maximum Gasteiger partial charge on any atom is 0.161 e. The molecule has 0 spiro atoms.